The molecule has 0 saturated heterocycles. The molecule has 6 heteroatoms. The lowest BCUT2D eigenvalue weighted by molar-refractivity contribution is 0.104. The number of carbonyl (C=O) groups excluding carboxylic acids is 1. The highest BCUT2D eigenvalue weighted by atomic mass is 16.5. The normalized spacial score (nSPS) is 13.9. The van der Waals surface area contributed by atoms with Crippen LogP contribution in [0, 0.1) is 0 Å². The number of aromatic amines is 1. The summed E-state index contributed by atoms with van der Waals surface area (Å²) in [5.74, 6) is 0. The topological polar surface area (TPSA) is 86.4 Å². The fourth-order valence-electron chi connectivity index (χ4n) is 2.30. The number of hydrogen-bond donors (Lipinski definition) is 4. The molecule has 1 aromatic heterocycles. The van der Waals surface area contributed by atoms with Crippen LogP contribution in [0.5, 0.6) is 0 Å². The Morgan fingerprint density at radius 1 is 1.43 bits per heavy atom. The van der Waals surface area contributed by atoms with Gasteiger partial charge in [0.1, 0.15) is 0 Å². The molecule has 0 aliphatic rings. The summed E-state index contributed by atoms with van der Waals surface area (Å²) in [6.07, 6.45) is 2.27. The van der Waals surface area contributed by atoms with E-state index in [1.54, 1.807) is 7.11 Å². The molecule has 0 spiro atoms. The van der Waals surface area contributed by atoms with Gasteiger partial charge >= 0.3 is 6.03 Å². The van der Waals surface area contributed by atoms with Crippen molar-refractivity contribution in [1.82, 2.24) is 10.3 Å². The number of aromatic nitrogens is 1. The number of H-pyrrole nitrogens is 1. The van der Waals surface area contributed by atoms with Crippen LogP contribution in [0.2, 0.25) is 0 Å². The summed E-state index contributed by atoms with van der Waals surface area (Å²) < 4.78 is 5.10. The number of rotatable bonds is 6. The standard InChI is InChI=1S/C15H21N3O3/c1-15(6-8-19,10-21-2)18-14(20)17-12-3-4-13-11(9-12)5-7-16-13/h3-5,7,9,16,19H,6,8,10H2,1-2H3,(H2,17,18,20). The average molecular weight is 291 g/mol. The molecule has 4 N–H and O–H groups in total. The van der Waals surface area contributed by atoms with E-state index in [2.05, 4.69) is 15.6 Å². The molecule has 2 rings (SSSR count). The number of ether oxygens (including phenoxy) is 1. The van der Waals surface area contributed by atoms with Crippen LogP contribution in [0.25, 0.3) is 10.9 Å². The molecule has 21 heavy (non-hydrogen) atoms. The predicted molar refractivity (Wildman–Crippen MR) is 82.4 cm³/mol. The number of hydrogen-bond acceptors (Lipinski definition) is 3. The van der Waals surface area contributed by atoms with Crippen LogP contribution in [-0.4, -0.2) is 42.0 Å². The van der Waals surface area contributed by atoms with E-state index < -0.39 is 5.54 Å². The summed E-state index contributed by atoms with van der Waals surface area (Å²) in [6, 6.07) is 7.26. The van der Waals surface area contributed by atoms with Crippen LogP contribution in [0.15, 0.2) is 30.5 Å². The Labute approximate surface area is 123 Å². The molecule has 0 aliphatic heterocycles. The SMILES string of the molecule is COCC(C)(CCO)NC(=O)Nc1ccc2[nH]ccc2c1. The van der Waals surface area contributed by atoms with Gasteiger partial charge in [-0.15, -0.1) is 0 Å². The molecular weight excluding hydrogens is 270 g/mol. The number of aliphatic hydroxyl groups excluding tert-OH is 1. The molecule has 1 aromatic carbocycles. The second-order valence-corrected chi connectivity index (χ2v) is 5.33. The van der Waals surface area contributed by atoms with Crippen molar-refractivity contribution in [3.8, 4) is 0 Å². The molecule has 2 aromatic rings. The van der Waals surface area contributed by atoms with Crippen LogP contribution in [0.1, 0.15) is 13.3 Å². The number of anilines is 1. The van der Waals surface area contributed by atoms with Crippen molar-refractivity contribution in [3.63, 3.8) is 0 Å². The minimum absolute atomic E-state index is 0.0184. The van der Waals surface area contributed by atoms with Gasteiger partial charge in [-0.05, 0) is 37.6 Å². The lowest BCUT2D eigenvalue weighted by Crippen LogP contribution is -2.51. The van der Waals surface area contributed by atoms with E-state index in [1.165, 1.54) is 0 Å². The first-order valence-corrected chi connectivity index (χ1v) is 6.82. The predicted octanol–water partition coefficient (Wildman–Crippen LogP) is 2.08. The zero-order valence-corrected chi connectivity index (χ0v) is 12.3. The van der Waals surface area contributed by atoms with Crippen LogP contribution in [0.4, 0.5) is 10.5 Å². The molecule has 2 amide bonds. The van der Waals surface area contributed by atoms with Crippen molar-refractivity contribution in [2.45, 2.75) is 18.9 Å². The van der Waals surface area contributed by atoms with E-state index in [4.69, 9.17) is 9.84 Å². The largest absolute Gasteiger partial charge is 0.396 e. The van der Waals surface area contributed by atoms with Crippen LogP contribution in [-0.2, 0) is 4.74 Å². The van der Waals surface area contributed by atoms with E-state index in [-0.39, 0.29) is 12.6 Å². The highest BCUT2D eigenvalue weighted by molar-refractivity contribution is 5.93. The number of urea groups is 1. The van der Waals surface area contributed by atoms with Gasteiger partial charge < -0.3 is 25.5 Å². The summed E-state index contributed by atoms with van der Waals surface area (Å²) in [4.78, 5) is 15.2. The van der Waals surface area contributed by atoms with Gasteiger partial charge in [0, 0.05) is 36.5 Å². The Balaban J connectivity index is 2.02. The quantitative estimate of drug-likeness (QED) is 0.657. The highest BCUT2D eigenvalue weighted by Gasteiger charge is 2.25. The first kappa shape index (κ1) is 15.3. The third-order valence-corrected chi connectivity index (χ3v) is 3.35. The fourth-order valence-corrected chi connectivity index (χ4v) is 2.30. The van der Waals surface area contributed by atoms with E-state index in [9.17, 15) is 4.79 Å². The molecule has 0 saturated carbocycles. The van der Waals surface area contributed by atoms with Crippen molar-refractivity contribution in [2.75, 3.05) is 25.6 Å². The second-order valence-electron chi connectivity index (χ2n) is 5.33. The third kappa shape index (κ3) is 3.96. The van der Waals surface area contributed by atoms with E-state index in [1.807, 2.05) is 37.4 Å². The van der Waals surface area contributed by atoms with Gasteiger partial charge in [0.05, 0.1) is 12.1 Å². The first-order chi connectivity index (χ1) is 10.1. The lowest BCUT2D eigenvalue weighted by Gasteiger charge is -2.29. The third-order valence-electron chi connectivity index (χ3n) is 3.35. The smallest absolute Gasteiger partial charge is 0.319 e. The van der Waals surface area contributed by atoms with E-state index in [0.717, 1.165) is 10.9 Å². The number of methoxy groups -OCH3 is 1. The first-order valence-electron chi connectivity index (χ1n) is 6.82. The maximum Gasteiger partial charge on any atom is 0.319 e. The molecule has 0 radical (unpaired) electrons. The molecular formula is C15H21N3O3. The monoisotopic (exact) mass is 291 g/mol. The minimum Gasteiger partial charge on any atom is -0.396 e. The summed E-state index contributed by atoms with van der Waals surface area (Å²) in [5, 5.41) is 15.8. The van der Waals surface area contributed by atoms with Crippen LogP contribution in [0.3, 0.4) is 0 Å². The maximum absolute atomic E-state index is 12.1. The second kappa shape index (κ2) is 6.60. The van der Waals surface area contributed by atoms with Gasteiger partial charge in [0.25, 0.3) is 0 Å². The Bertz CT molecular complexity index is 603. The zero-order valence-electron chi connectivity index (χ0n) is 12.3. The Kier molecular flexibility index (Phi) is 4.82. The molecule has 1 heterocycles. The van der Waals surface area contributed by atoms with Crippen molar-refractivity contribution in [1.29, 1.82) is 0 Å². The molecule has 0 bridgehead atoms. The van der Waals surface area contributed by atoms with Gasteiger partial charge in [0.15, 0.2) is 0 Å². The number of benzene rings is 1. The molecule has 0 fully saturated rings. The molecule has 6 nitrogen and oxygen atoms in total. The van der Waals surface area contributed by atoms with Gasteiger partial charge in [-0.2, -0.15) is 0 Å². The van der Waals surface area contributed by atoms with Gasteiger partial charge in [-0.1, -0.05) is 0 Å². The highest BCUT2D eigenvalue weighted by Crippen LogP contribution is 2.18. The van der Waals surface area contributed by atoms with Crippen molar-refractivity contribution in [2.24, 2.45) is 0 Å². The Morgan fingerprint density at radius 3 is 2.95 bits per heavy atom. The lowest BCUT2D eigenvalue weighted by atomic mass is 10.00. The average Bonchev–Trinajstić information content (AvgIpc) is 2.86. The number of amides is 2. The molecule has 114 valence electrons. The van der Waals surface area contributed by atoms with Crippen LogP contribution >= 0.6 is 0 Å². The molecule has 1 unspecified atom stereocenters. The summed E-state index contributed by atoms with van der Waals surface area (Å²) >= 11 is 0. The summed E-state index contributed by atoms with van der Waals surface area (Å²) in [5.41, 5.74) is 1.13. The van der Waals surface area contributed by atoms with Gasteiger partial charge in [-0.25, -0.2) is 4.79 Å². The Morgan fingerprint density at radius 2 is 2.24 bits per heavy atom. The molecule has 0 aliphatic carbocycles. The number of carbonyl (C=O) groups is 1. The zero-order chi connectivity index (χ0) is 15.3. The Hall–Kier alpha value is -2.05. The van der Waals surface area contributed by atoms with Crippen molar-refractivity contribution in [3.05, 3.63) is 30.5 Å². The van der Waals surface area contributed by atoms with Gasteiger partial charge in [-0.3, -0.25) is 0 Å². The van der Waals surface area contributed by atoms with E-state index >= 15 is 0 Å². The number of fused-ring (bicyclic) bond motifs is 1. The van der Waals surface area contributed by atoms with Crippen molar-refractivity contribution < 1.29 is 14.6 Å². The van der Waals surface area contributed by atoms with Crippen molar-refractivity contribution >= 4 is 22.6 Å². The van der Waals surface area contributed by atoms with Gasteiger partial charge in [0.2, 0.25) is 0 Å². The molecule has 1 atom stereocenters. The number of nitrogens with one attached hydrogen (secondary N) is 3. The van der Waals surface area contributed by atoms with E-state index in [0.29, 0.717) is 18.7 Å². The van der Waals surface area contributed by atoms with Crippen LogP contribution < -0.4 is 10.6 Å². The summed E-state index contributed by atoms with van der Waals surface area (Å²) in [6.45, 7) is 2.15. The maximum atomic E-state index is 12.1. The fraction of sp³-hybridized carbons (Fsp3) is 0.400. The summed E-state index contributed by atoms with van der Waals surface area (Å²) in [7, 11) is 1.56. The minimum atomic E-state index is -0.605. The number of aliphatic hydroxyl groups is 1.